The van der Waals surface area contributed by atoms with Gasteiger partial charge in [-0.3, -0.25) is 4.90 Å². The fraction of sp³-hybridized carbons (Fsp3) is 0.571. The summed E-state index contributed by atoms with van der Waals surface area (Å²) in [7, 11) is 0. The molecule has 2 N–H and O–H groups in total. The number of benzene rings is 1. The zero-order chi connectivity index (χ0) is 13.1. The summed E-state index contributed by atoms with van der Waals surface area (Å²) in [5, 5.41) is 0. The van der Waals surface area contributed by atoms with Crippen molar-refractivity contribution in [1.29, 1.82) is 0 Å². The summed E-state index contributed by atoms with van der Waals surface area (Å²) in [5.74, 6) is -0.228. The molecule has 0 amide bonds. The van der Waals surface area contributed by atoms with Gasteiger partial charge in [-0.05, 0) is 37.1 Å². The van der Waals surface area contributed by atoms with Crippen LogP contribution in [0.5, 0.6) is 0 Å². The lowest BCUT2D eigenvalue weighted by Gasteiger charge is -2.38. The molecule has 1 saturated heterocycles. The first-order chi connectivity index (χ1) is 8.60. The van der Waals surface area contributed by atoms with E-state index < -0.39 is 0 Å². The van der Waals surface area contributed by atoms with Crippen molar-refractivity contribution < 1.29 is 9.13 Å². The van der Waals surface area contributed by atoms with Gasteiger partial charge in [-0.1, -0.05) is 6.92 Å². The normalized spacial score (nSPS) is 25.3. The summed E-state index contributed by atoms with van der Waals surface area (Å²) in [5.41, 5.74) is 7.42. The molecule has 0 saturated carbocycles. The molecule has 0 radical (unpaired) electrons. The quantitative estimate of drug-likeness (QED) is 0.840. The van der Waals surface area contributed by atoms with Gasteiger partial charge in [0.25, 0.3) is 0 Å². The van der Waals surface area contributed by atoms with Crippen molar-refractivity contribution in [2.45, 2.75) is 39.0 Å². The first-order valence-corrected chi connectivity index (χ1v) is 6.49. The van der Waals surface area contributed by atoms with Crippen molar-refractivity contribution in [1.82, 2.24) is 4.90 Å². The van der Waals surface area contributed by atoms with Gasteiger partial charge in [0, 0.05) is 24.8 Å². The zero-order valence-corrected chi connectivity index (χ0v) is 11.0. The number of ether oxygens (including phenoxy) is 1. The lowest BCUT2D eigenvalue weighted by molar-refractivity contribution is -0.0591. The number of morpholine rings is 1. The second-order valence-electron chi connectivity index (χ2n) is 4.98. The Morgan fingerprint density at radius 3 is 3.00 bits per heavy atom. The summed E-state index contributed by atoms with van der Waals surface area (Å²) in [6.07, 6.45) is 1.25. The molecule has 1 aromatic carbocycles. The molecule has 18 heavy (non-hydrogen) atoms. The Kier molecular flexibility index (Phi) is 4.19. The van der Waals surface area contributed by atoms with Crippen molar-refractivity contribution in [2.24, 2.45) is 0 Å². The Hall–Kier alpha value is -1.13. The van der Waals surface area contributed by atoms with E-state index in [0.29, 0.717) is 18.3 Å². The van der Waals surface area contributed by atoms with Gasteiger partial charge < -0.3 is 10.5 Å². The number of nitrogens with zero attached hydrogens (tertiary/aromatic N) is 1. The molecule has 0 spiro atoms. The number of nitrogens with two attached hydrogens (primary N) is 1. The molecule has 0 bridgehead atoms. The minimum atomic E-state index is -0.228. The summed E-state index contributed by atoms with van der Waals surface area (Å²) in [6, 6.07) is 4.96. The molecule has 2 unspecified atom stereocenters. The summed E-state index contributed by atoms with van der Waals surface area (Å²) >= 11 is 0. The lowest BCUT2D eigenvalue weighted by Crippen LogP contribution is -2.47. The average Bonchev–Trinajstić information content (AvgIpc) is 2.34. The molecule has 3 nitrogen and oxygen atoms in total. The van der Waals surface area contributed by atoms with Gasteiger partial charge in [-0.2, -0.15) is 0 Å². The molecule has 2 atom stereocenters. The van der Waals surface area contributed by atoms with Gasteiger partial charge in [0.2, 0.25) is 0 Å². The Balaban J connectivity index is 2.12. The molecule has 100 valence electrons. The third kappa shape index (κ3) is 3.00. The van der Waals surface area contributed by atoms with Crippen molar-refractivity contribution in [2.75, 3.05) is 18.9 Å². The Labute approximate surface area is 108 Å². The number of hydrogen-bond acceptors (Lipinski definition) is 3. The van der Waals surface area contributed by atoms with Crippen LogP contribution in [0.1, 0.15) is 25.8 Å². The van der Waals surface area contributed by atoms with Crippen LogP contribution in [0.15, 0.2) is 18.2 Å². The molecule has 4 heteroatoms. The van der Waals surface area contributed by atoms with E-state index in [1.54, 1.807) is 6.07 Å². The molecule has 0 aliphatic carbocycles. The highest BCUT2D eigenvalue weighted by molar-refractivity contribution is 5.46. The van der Waals surface area contributed by atoms with E-state index in [2.05, 4.69) is 18.7 Å². The maximum Gasteiger partial charge on any atom is 0.123 e. The van der Waals surface area contributed by atoms with Gasteiger partial charge in [-0.25, -0.2) is 4.39 Å². The molecule has 1 aliphatic heterocycles. The SMILES string of the molecule is CCC1COC(C)CN1Cc1cc(F)ccc1N. The van der Waals surface area contributed by atoms with Crippen molar-refractivity contribution in [3.05, 3.63) is 29.6 Å². The summed E-state index contributed by atoms with van der Waals surface area (Å²) < 4.78 is 18.9. The van der Waals surface area contributed by atoms with Gasteiger partial charge in [0.05, 0.1) is 12.7 Å². The van der Waals surface area contributed by atoms with E-state index in [4.69, 9.17) is 10.5 Å². The highest BCUT2D eigenvalue weighted by Gasteiger charge is 2.25. The second-order valence-corrected chi connectivity index (χ2v) is 4.98. The van der Waals surface area contributed by atoms with Crippen molar-refractivity contribution >= 4 is 5.69 Å². The molecular weight excluding hydrogens is 231 g/mol. The standard InChI is InChI=1S/C14H21FN2O/c1-3-13-9-18-10(2)7-17(13)8-11-6-12(15)4-5-14(11)16/h4-6,10,13H,3,7-9,16H2,1-2H3. The number of rotatable bonds is 3. The number of anilines is 1. The average molecular weight is 252 g/mol. The molecule has 0 aromatic heterocycles. The van der Waals surface area contributed by atoms with Crippen LogP contribution in [-0.4, -0.2) is 30.2 Å². The first kappa shape index (κ1) is 13.3. The Bertz CT molecular complexity index is 411. The van der Waals surface area contributed by atoms with E-state index in [-0.39, 0.29) is 11.9 Å². The number of halogens is 1. The van der Waals surface area contributed by atoms with Crippen LogP contribution >= 0.6 is 0 Å². The minimum absolute atomic E-state index is 0.225. The third-order valence-corrected chi connectivity index (χ3v) is 3.53. The third-order valence-electron chi connectivity index (χ3n) is 3.53. The van der Waals surface area contributed by atoms with Gasteiger partial charge in [-0.15, -0.1) is 0 Å². The molecule has 1 aromatic rings. The summed E-state index contributed by atoms with van der Waals surface area (Å²) in [6.45, 7) is 6.51. The predicted molar refractivity (Wildman–Crippen MR) is 70.7 cm³/mol. The van der Waals surface area contributed by atoms with Crippen molar-refractivity contribution in [3.63, 3.8) is 0 Å². The first-order valence-electron chi connectivity index (χ1n) is 6.49. The van der Waals surface area contributed by atoms with Crippen LogP contribution in [0.3, 0.4) is 0 Å². The smallest absolute Gasteiger partial charge is 0.123 e. The summed E-state index contributed by atoms with van der Waals surface area (Å²) in [4.78, 5) is 2.33. The van der Waals surface area contributed by atoms with E-state index in [9.17, 15) is 4.39 Å². The highest BCUT2D eigenvalue weighted by Crippen LogP contribution is 2.21. The number of hydrogen-bond donors (Lipinski definition) is 1. The zero-order valence-electron chi connectivity index (χ0n) is 11.0. The van der Waals surface area contributed by atoms with Crippen LogP contribution in [0.25, 0.3) is 0 Å². The topological polar surface area (TPSA) is 38.5 Å². The fourth-order valence-corrected chi connectivity index (χ4v) is 2.41. The van der Waals surface area contributed by atoms with Crippen molar-refractivity contribution in [3.8, 4) is 0 Å². The van der Waals surface area contributed by atoms with Crippen LogP contribution < -0.4 is 5.73 Å². The van der Waals surface area contributed by atoms with E-state index in [0.717, 1.165) is 25.1 Å². The van der Waals surface area contributed by atoms with Crippen LogP contribution in [-0.2, 0) is 11.3 Å². The highest BCUT2D eigenvalue weighted by atomic mass is 19.1. The second kappa shape index (κ2) is 5.67. The molecule has 1 aliphatic rings. The monoisotopic (exact) mass is 252 g/mol. The van der Waals surface area contributed by atoms with Gasteiger partial charge in [0.15, 0.2) is 0 Å². The Morgan fingerprint density at radius 1 is 1.50 bits per heavy atom. The van der Waals surface area contributed by atoms with Crippen LogP contribution in [0.2, 0.25) is 0 Å². The number of nitrogen functional groups attached to an aromatic ring is 1. The Morgan fingerprint density at radius 2 is 2.28 bits per heavy atom. The van der Waals surface area contributed by atoms with E-state index in [1.807, 2.05) is 0 Å². The van der Waals surface area contributed by atoms with Gasteiger partial charge in [0.1, 0.15) is 5.82 Å². The van der Waals surface area contributed by atoms with E-state index >= 15 is 0 Å². The maximum atomic E-state index is 13.3. The molecule has 1 heterocycles. The largest absolute Gasteiger partial charge is 0.398 e. The van der Waals surface area contributed by atoms with E-state index in [1.165, 1.54) is 12.1 Å². The molecule has 1 fully saturated rings. The van der Waals surface area contributed by atoms with Crippen LogP contribution in [0, 0.1) is 5.82 Å². The van der Waals surface area contributed by atoms with Crippen LogP contribution in [0.4, 0.5) is 10.1 Å². The molecular formula is C14H21FN2O. The fourth-order valence-electron chi connectivity index (χ4n) is 2.41. The predicted octanol–water partition coefficient (Wildman–Crippen LogP) is 2.41. The van der Waals surface area contributed by atoms with Gasteiger partial charge >= 0.3 is 0 Å². The molecule has 2 rings (SSSR count). The maximum absolute atomic E-state index is 13.3. The minimum Gasteiger partial charge on any atom is -0.398 e. The lowest BCUT2D eigenvalue weighted by atomic mass is 10.1.